The van der Waals surface area contributed by atoms with Crippen molar-refractivity contribution in [2.24, 2.45) is 5.73 Å². The highest BCUT2D eigenvalue weighted by Gasteiger charge is 2.12. The second kappa shape index (κ2) is 8.05. The van der Waals surface area contributed by atoms with Crippen LogP contribution in [0.5, 0.6) is 11.5 Å². The fourth-order valence-electron chi connectivity index (χ4n) is 2.13. The van der Waals surface area contributed by atoms with Crippen molar-refractivity contribution in [3.8, 4) is 11.5 Å². The summed E-state index contributed by atoms with van der Waals surface area (Å²) in [5.74, 6) is 0.269. The van der Waals surface area contributed by atoms with Crippen LogP contribution in [-0.2, 0) is 6.54 Å². The van der Waals surface area contributed by atoms with E-state index >= 15 is 0 Å². The lowest BCUT2D eigenvalue weighted by Crippen LogP contribution is -2.39. The fourth-order valence-corrected chi connectivity index (χ4v) is 2.13. The molecule has 132 valence electrons. The van der Waals surface area contributed by atoms with Gasteiger partial charge in [0.15, 0.2) is 0 Å². The molecule has 6 N–H and O–H groups in total. The number of benzene rings is 2. The van der Waals surface area contributed by atoms with E-state index in [-0.39, 0.29) is 24.2 Å². The van der Waals surface area contributed by atoms with Crippen LogP contribution in [0.3, 0.4) is 0 Å². The Morgan fingerprint density at radius 1 is 1.12 bits per heavy atom. The maximum absolute atomic E-state index is 11.7. The Morgan fingerprint density at radius 3 is 2.40 bits per heavy atom. The first kappa shape index (κ1) is 18.1. The smallest absolute Gasteiger partial charge is 0.315 e. The Hall–Kier alpha value is -3.22. The predicted molar refractivity (Wildman–Crippen MR) is 96.4 cm³/mol. The molecule has 0 heterocycles. The average Bonchev–Trinajstić information content (AvgIpc) is 2.55. The lowest BCUT2D eigenvalue weighted by molar-refractivity contribution is 0.0998. The lowest BCUT2D eigenvalue weighted by atomic mass is 10.1. The SMILES string of the molecule is CC(C)NC(=O)NCc1ccc(Oc2ccc(N)cc2)c(C(N)=O)c1. The number of carbonyl (C=O) groups excluding carboxylic acids is 2. The summed E-state index contributed by atoms with van der Waals surface area (Å²) in [5.41, 5.74) is 12.7. The summed E-state index contributed by atoms with van der Waals surface area (Å²) in [6, 6.07) is 11.6. The summed E-state index contributed by atoms with van der Waals surface area (Å²) < 4.78 is 5.70. The number of nitrogens with one attached hydrogen (secondary N) is 2. The van der Waals surface area contributed by atoms with Crippen LogP contribution in [0.2, 0.25) is 0 Å². The van der Waals surface area contributed by atoms with Crippen molar-refractivity contribution in [2.75, 3.05) is 5.73 Å². The lowest BCUT2D eigenvalue weighted by Gasteiger charge is -2.13. The zero-order valence-electron chi connectivity index (χ0n) is 14.2. The Morgan fingerprint density at radius 2 is 1.80 bits per heavy atom. The van der Waals surface area contributed by atoms with Crippen molar-refractivity contribution < 1.29 is 14.3 Å². The van der Waals surface area contributed by atoms with Crippen LogP contribution < -0.4 is 26.8 Å². The third-order valence-corrected chi connectivity index (χ3v) is 3.29. The summed E-state index contributed by atoms with van der Waals surface area (Å²) in [6.45, 7) is 4.00. The van der Waals surface area contributed by atoms with Crippen LogP contribution in [0, 0.1) is 0 Å². The van der Waals surface area contributed by atoms with Gasteiger partial charge in [-0.25, -0.2) is 4.79 Å². The Labute approximate surface area is 146 Å². The minimum Gasteiger partial charge on any atom is -0.457 e. The molecule has 0 aliphatic rings. The van der Waals surface area contributed by atoms with Crippen molar-refractivity contribution in [3.63, 3.8) is 0 Å². The second-order valence-electron chi connectivity index (χ2n) is 5.85. The number of anilines is 1. The highest BCUT2D eigenvalue weighted by Crippen LogP contribution is 2.26. The second-order valence-corrected chi connectivity index (χ2v) is 5.85. The number of ether oxygens (including phenoxy) is 1. The average molecular weight is 342 g/mol. The summed E-state index contributed by atoms with van der Waals surface area (Å²) in [6.07, 6.45) is 0. The summed E-state index contributed by atoms with van der Waals surface area (Å²) >= 11 is 0. The van der Waals surface area contributed by atoms with Crippen molar-refractivity contribution in [2.45, 2.75) is 26.4 Å². The number of hydrogen-bond donors (Lipinski definition) is 4. The van der Waals surface area contributed by atoms with E-state index in [2.05, 4.69) is 10.6 Å². The molecule has 0 radical (unpaired) electrons. The highest BCUT2D eigenvalue weighted by molar-refractivity contribution is 5.96. The molecule has 7 nitrogen and oxygen atoms in total. The molecular weight excluding hydrogens is 320 g/mol. The van der Waals surface area contributed by atoms with Crippen molar-refractivity contribution in [3.05, 3.63) is 53.6 Å². The zero-order chi connectivity index (χ0) is 18.4. The van der Waals surface area contributed by atoms with E-state index in [9.17, 15) is 9.59 Å². The number of primary amides is 1. The van der Waals surface area contributed by atoms with Gasteiger partial charge in [0.25, 0.3) is 5.91 Å². The van der Waals surface area contributed by atoms with Gasteiger partial charge >= 0.3 is 6.03 Å². The molecule has 3 amide bonds. The van der Waals surface area contributed by atoms with E-state index < -0.39 is 5.91 Å². The molecule has 0 spiro atoms. The quantitative estimate of drug-likeness (QED) is 0.602. The topological polar surface area (TPSA) is 119 Å². The predicted octanol–water partition coefficient (Wildman–Crippen LogP) is 2.37. The molecule has 0 fully saturated rings. The van der Waals surface area contributed by atoms with E-state index in [1.165, 1.54) is 0 Å². The normalized spacial score (nSPS) is 10.4. The van der Waals surface area contributed by atoms with Gasteiger partial charge in [-0.1, -0.05) is 6.07 Å². The van der Waals surface area contributed by atoms with E-state index in [1.54, 1.807) is 42.5 Å². The standard InChI is InChI=1S/C18H22N4O3/c1-11(2)22-18(24)21-10-12-3-8-16(15(9-12)17(20)23)25-14-6-4-13(19)5-7-14/h3-9,11H,10,19H2,1-2H3,(H2,20,23)(H2,21,22,24). The molecule has 2 aromatic rings. The van der Waals surface area contributed by atoms with Crippen molar-refractivity contribution in [1.82, 2.24) is 10.6 Å². The van der Waals surface area contributed by atoms with E-state index in [4.69, 9.17) is 16.2 Å². The van der Waals surface area contributed by atoms with Crippen molar-refractivity contribution in [1.29, 1.82) is 0 Å². The molecule has 0 saturated heterocycles. The first-order valence-electron chi connectivity index (χ1n) is 7.85. The maximum Gasteiger partial charge on any atom is 0.315 e. The molecule has 0 unspecified atom stereocenters. The van der Waals surface area contributed by atoms with Gasteiger partial charge < -0.3 is 26.8 Å². The molecule has 0 aromatic heterocycles. The molecule has 2 aromatic carbocycles. The Bertz CT molecular complexity index is 757. The minimum absolute atomic E-state index is 0.0388. The van der Waals surface area contributed by atoms with Gasteiger partial charge in [-0.3, -0.25) is 4.79 Å². The molecule has 0 saturated carbocycles. The van der Waals surface area contributed by atoms with Crippen LogP contribution in [0.1, 0.15) is 29.8 Å². The number of carbonyl (C=O) groups is 2. The summed E-state index contributed by atoms with van der Waals surface area (Å²) in [5, 5.41) is 5.44. The van der Waals surface area contributed by atoms with E-state index in [0.29, 0.717) is 17.2 Å². The largest absolute Gasteiger partial charge is 0.457 e. The van der Waals surface area contributed by atoms with Crippen LogP contribution in [0.4, 0.5) is 10.5 Å². The minimum atomic E-state index is -0.612. The van der Waals surface area contributed by atoms with E-state index in [1.807, 2.05) is 13.8 Å². The molecule has 0 atom stereocenters. The number of nitrogens with two attached hydrogens (primary N) is 2. The van der Waals surface area contributed by atoms with Gasteiger partial charge in [0, 0.05) is 18.3 Å². The first-order chi connectivity index (χ1) is 11.8. The highest BCUT2D eigenvalue weighted by atomic mass is 16.5. The number of urea groups is 1. The molecular formula is C18H22N4O3. The fraction of sp³-hybridized carbons (Fsp3) is 0.222. The third-order valence-electron chi connectivity index (χ3n) is 3.29. The molecule has 0 aliphatic heterocycles. The van der Waals surface area contributed by atoms with Gasteiger partial charge in [0.1, 0.15) is 11.5 Å². The Balaban J connectivity index is 2.12. The number of hydrogen-bond acceptors (Lipinski definition) is 4. The summed E-state index contributed by atoms with van der Waals surface area (Å²) in [4.78, 5) is 23.4. The number of amides is 3. The third kappa shape index (κ3) is 5.42. The van der Waals surface area contributed by atoms with E-state index in [0.717, 1.165) is 5.56 Å². The monoisotopic (exact) mass is 342 g/mol. The van der Waals surface area contributed by atoms with Crippen LogP contribution in [-0.4, -0.2) is 18.0 Å². The van der Waals surface area contributed by atoms with Gasteiger partial charge in [-0.15, -0.1) is 0 Å². The van der Waals surface area contributed by atoms with Crippen LogP contribution in [0.25, 0.3) is 0 Å². The molecule has 7 heteroatoms. The molecule has 0 bridgehead atoms. The van der Waals surface area contributed by atoms with Gasteiger partial charge in [0.05, 0.1) is 5.56 Å². The van der Waals surface area contributed by atoms with Crippen LogP contribution in [0.15, 0.2) is 42.5 Å². The molecule has 0 aliphatic carbocycles. The maximum atomic E-state index is 11.7. The number of nitrogen functional groups attached to an aromatic ring is 1. The molecule has 25 heavy (non-hydrogen) atoms. The van der Waals surface area contributed by atoms with Gasteiger partial charge in [0.2, 0.25) is 0 Å². The zero-order valence-corrected chi connectivity index (χ0v) is 14.2. The first-order valence-corrected chi connectivity index (χ1v) is 7.85. The summed E-state index contributed by atoms with van der Waals surface area (Å²) in [7, 11) is 0. The van der Waals surface area contributed by atoms with Gasteiger partial charge in [-0.2, -0.15) is 0 Å². The Kier molecular flexibility index (Phi) is 5.84. The molecule has 2 rings (SSSR count). The van der Waals surface area contributed by atoms with Gasteiger partial charge in [-0.05, 0) is 55.8 Å². The van der Waals surface area contributed by atoms with Crippen molar-refractivity contribution >= 4 is 17.6 Å². The number of rotatable bonds is 6. The van der Waals surface area contributed by atoms with Crippen LogP contribution >= 0.6 is 0 Å².